The van der Waals surface area contributed by atoms with Gasteiger partial charge in [0.05, 0.1) is 13.2 Å². The van der Waals surface area contributed by atoms with Gasteiger partial charge >= 0.3 is 0 Å². The van der Waals surface area contributed by atoms with Gasteiger partial charge in [0, 0.05) is 24.1 Å². The van der Waals surface area contributed by atoms with Crippen LogP contribution in [-0.4, -0.2) is 19.8 Å². The zero-order chi connectivity index (χ0) is 14.2. The van der Waals surface area contributed by atoms with E-state index in [1.54, 1.807) is 0 Å². The van der Waals surface area contributed by atoms with Gasteiger partial charge in [0.15, 0.2) is 0 Å². The Bertz CT molecular complexity index is 521. The van der Waals surface area contributed by atoms with Crippen molar-refractivity contribution < 1.29 is 13.9 Å². The fourth-order valence-corrected chi connectivity index (χ4v) is 2.12. The van der Waals surface area contributed by atoms with Crippen LogP contribution in [0.4, 0.5) is 0 Å². The second-order valence-electron chi connectivity index (χ2n) is 4.72. The highest BCUT2D eigenvalue weighted by Gasteiger charge is 2.12. The van der Waals surface area contributed by atoms with Gasteiger partial charge in [-0.05, 0) is 12.5 Å². The van der Waals surface area contributed by atoms with E-state index in [4.69, 9.17) is 19.6 Å². The molecule has 0 fully saturated rings. The highest BCUT2D eigenvalue weighted by molar-refractivity contribution is 5.82. The van der Waals surface area contributed by atoms with Crippen LogP contribution in [0.2, 0.25) is 0 Å². The zero-order valence-electron chi connectivity index (χ0n) is 12.1. The molecule has 20 heavy (non-hydrogen) atoms. The number of para-hydroxylation sites is 1. The monoisotopic (exact) mass is 277 g/mol. The maximum absolute atomic E-state index is 5.81. The predicted molar refractivity (Wildman–Crippen MR) is 79.5 cm³/mol. The predicted octanol–water partition coefficient (Wildman–Crippen LogP) is 3.22. The molecule has 2 rings (SSSR count). The van der Waals surface area contributed by atoms with E-state index in [2.05, 4.69) is 6.92 Å². The molecule has 0 saturated heterocycles. The molecule has 1 aromatic heterocycles. The molecular formula is C16H23NO3. The summed E-state index contributed by atoms with van der Waals surface area (Å²) < 4.78 is 16.8. The molecule has 0 aliphatic carbocycles. The molecule has 4 heteroatoms. The molecule has 0 aliphatic rings. The number of rotatable bonds is 9. The first-order chi connectivity index (χ1) is 9.86. The average molecular weight is 277 g/mol. The van der Waals surface area contributed by atoms with Gasteiger partial charge in [-0.2, -0.15) is 0 Å². The summed E-state index contributed by atoms with van der Waals surface area (Å²) in [5, 5.41) is 1.08. The third kappa shape index (κ3) is 3.82. The normalized spacial score (nSPS) is 11.3. The summed E-state index contributed by atoms with van der Waals surface area (Å²) in [6.07, 6.45) is 2.25. The van der Waals surface area contributed by atoms with E-state index < -0.39 is 0 Å². The van der Waals surface area contributed by atoms with Crippen molar-refractivity contribution in [2.75, 3.05) is 19.8 Å². The fraction of sp³-hybridized carbons (Fsp3) is 0.500. The Morgan fingerprint density at radius 3 is 2.70 bits per heavy atom. The molecule has 0 amide bonds. The van der Waals surface area contributed by atoms with Crippen LogP contribution in [0, 0.1) is 0 Å². The van der Waals surface area contributed by atoms with E-state index in [9.17, 15) is 0 Å². The van der Waals surface area contributed by atoms with Gasteiger partial charge in [-0.1, -0.05) is 31.5 Å². The van der Waals surface area contributed by atoms with E-state index >= 15 is 0 Å². The first kappa shape index (κ1) is 15.0. The van der Waals surface area contributed by atoms with Crippen molar-refractivity contribution in [3.63, 3.8) is 0 Å². The molecule has 2 aromatic rings. The summed E-state index contributed by atoms with van der Waals surface area (Å²) in [7, 11) is 0. The molecule has 0 saturated carbocycles. The topological polar surface area (TPSA) is 57.6 Å². The molecule has 4 nitrogen and oxygen atoms in total. The average Bonchev–Trinajstić information content (AvgIpc) is 2.83. The highest BCUT2D eigenvalue weighted by Crippen LogP contribution is 2.25. The van der Waals surface area contributed by atoms with Crippen LogP contribution in [0.5, 0.6) is 0 Å². The van der Waals surface area contributed by atoms with E-state index in [0.29, 0.717) is 26.4 Å². The molecule has 2 N–H and O–H groups in total. The van der Waals surface area contributed by atoms with Crippen LogP contribution in [0.1, 0.15) is 31.1 Å². The van der Waals surface area contributed by atoms with Gasteiger partial charge in [-0.25, -0.2) is 0 Å². The number of furan rings is 1. The van der Waals surface area contributed by atoms with Crippen molar-refractivity contribution in [1.82, 2.24) is 0 Å². The number of fused-ring (bicyclic) bond motifs is 1. The lowest BCUT2D eigenvalue weighted by molar-refractivity contribution is 0.0341. The van der Waals surface area contributed by atoms with Crippen molar-refractivity contribution in [2.24, 2.45) is 5.73 Å². The minimum Gasteiger partial charge on any atom is -0.458 e. The third-order valence-corrected chi connectivity index (χ3v) is 3.23. The number of benzene rings is 1. The van der Waals surface area contributed by atoms with Gasteiger partial charge < -0.3 is 19.6 Å². The molecule has 1 heterocycles. The summed E-state index contributed by atoms with van der Waals surface area (Å²) in [5.74, 6) is 0.822. The van der Waals surface area contributed by atoms with Crippen molar-refractivity contribution >= 4 is 11.0 Å². The molecule has 0 radical (unpaired) electrons. The van der Waals surface area contributed by atoms with Gasteiger partial charge in [-0.15, -0.1) is 0 Å². The Kier molecular flexibility index (Phi) is 6.05. The molecule has 0 unspecified atom stereocenters. The lowest BCUT2D eigenvalue weighted by Gasteiger charge is -2.05. The van der Waals surface area contributed by atoms with E-state index in [-0.39, 0.29) is 0 Å². The smallest absolute Gasteiger partial charge is 0.135 e. The van der Waals surface area contributed by atoms with Crippen molar-refractivity contribution in [1.29, 1.82) is 0 Å². The SMILES string of the molecule is CCCCOCCOCc1oc2ccccc2c1CN. The van der Waals surface area contributed by atoms with Gasteiger partial charge in [-0.3, -0.25) is 0 Å². The van der Waals surface area contributed by atoms with E-state index in [1.807, 2.05) is 24.3 Å². The Balaban J connectivity index is 1.83. The van der Waals surface area contributed by atoms with Gasteiger partial charge in [0.2, 0.25) is 0 Å². The Morgan fingerprint density at radius 1 is 1.10 bits per heavy atom. The lowest BCUT2D eigenvalue weighted by Crippen LogP contribution is -2.06. The number of nitrogens with two attached hydrogens (primary N) is 1. The summed E-state index contributed by atoms with van der Waals surface area (Å²) in [6, 6.07) is 7.92. The summed E-state index contributed by atoms with van der Waals surface area (Å²) in [5.41, 5.74) is 7.71. The lowest BCUT2D eigenvalue weighted by atomic mass is 10.1. The summed E-state index contributed by atoms with van der Waals surface area (Å²) in [4.78, 5) is 0. The first-order valence-corrected chi connectivity index (χ1v) is 7.21. The molecular weight excluding hydrogens is 254 g/mol. The Hall–Kier alpha value is -1.36. The third-order valence-electron chi connectivity index (χ3n) is 3.23. The number of hydrogen-bond acceptors (Lipinski definition) is 4. The molecule has 1 aromatic carbocycles. The van der Waals surface area contributed by atoms with Crippen molar-refractivity contribution in [3.8, 4) is 0 Å². The molecule has 110 valence electrons. The number of ether oxygens (including phenoxy) is 2. The Labute approximate surface area is 119 Å². The molecule has 0 atom stereocenters. The van der Waals surface area contributed by atoms with Crippen LogP contribution < -0.4 is 5.73 Å². The molecule has 0 spiro atoms. The standard InChI is InChI=1S/C16H23NO3/c1-2-3-8-18-9-10-19-12-16-14(11-17)13-6-4-5-7-15(13)20-16/h4-7H,2-3,8-12,17H2,1H3. The zero-order valence-corrected chi connectivity index (χ0v) is 12.1. The fourth-order valence-electron chi connectivity index (χ4n) is 2.12. The quantitative estimate of drug-likeness (QED) is 0.715. The second kappa shape index (κ2) is 8.04. The highest BCUT2D eigenvalue weighted by atomic mass is 16.5. The number of hydrogen-bond donors (Lipinski definition) is 1. The number of unbranched alkanes of at least 4 members (excludes halogenated alkanes) is 1. The van der Waals surface area contributed by atoms with Crippen LogP contribution >= 0.6 is 0 Å². The van der Waals surface area contributed by atoms with Gasteiger partial charge in [0.25, 0.3) is 0 Å². The van der Waals surface area contributed by atoms with Gasteiger partial charge in [0.1, 0.15) is 18.0 Å². The van der Waals surface area contributed by atoms with E-state index in [1.165, 1.54) is 0 Å². The van der Waals surface area contributed by atoms with Crippen LogP contribution in [-0.2, 0) is 22.6 Å². The molecule has 0 aliphatic heterocycles. The second-order valence-corrected chi connectivity index (χ2v) is 4.72. The minimum absolute atomic E-state index is 0.443. The van der Waals surface area contributed by atoms with Crippen molar-refractivity contribution in [2.45, 2.75) is 32.9 Å². The van der Waals surface area contributed by atoms with E-state index in [0.717, 1.165) is 41.7 Å². The summed E-state index contributed by atoms with van der Waals surface area (Å²) in [6.45, 7) is 5.05. The first-order valence-electron chi connectivity index (χ1n) is 7.21. The van der Waals surface area contributed by atoms with Crippen LogP contribution in [0.15, 0.2) is 28.7 Å². The largest absolute Gasteiger partial charge is 0.458 e. The maximum Gasteiger partial charge on any atom is 0.135 e. The Morgan fingerprint density at radius 2 is 1.90 bits per heavy atom. The summed E-state index contributed by atoms with van der Waals surface area (Å²) >= 11 is 0. The minimum atomic E-state index is 0.443. The maximum atomic E-state index is 5.81. The van der Waals surface area contributed by atoms with Crippen molar-refractivity contribution in [3.05, 3.63) is 35.6 Å². The van der Waals surface area contributed by atoms with Crippen LogP contribution in [0.3, 0.4) is 0 Å². The van der Waals surface area contributed by atoms with Crippen LogP contribution in [0.25, 0.3) is 11.0 Å². The molecule has 0 bridgehead atoms.